The molecule has 31 heavy (non-hydrogen) atoms. The lowest BCUT2D eigenvalue weighted by Gasteiger charge is -2.28. The monoisotopic (exact) mass is 417 g/mol. The van der Waals surface area contributed by atoms with Crippen LogP contribution in [-0.4, -0.2) is 34.4 Å². The van der Waals surface area contributed by atoms with Crippen LogP contribution in [0.15, 0.2) is 66.7 Å². The highest BCUT2D eigenvalue weighted by atomic mass is 19.1. The lowest BCUT2D eigenvalue weighted by atomic mass is 9.88. The number of imide groups is 1. The molecule has 2 aliphatic rings. The Bertz CT molecular complexity index is 1150. The van der Waals surface area contributed by atoms with Crippen LogP contribution >= 0.6 is 0 Å². The van der Waals surface area contributed by atoms with E-state index in [0.717, 1.165) is 34.7 Å². The van der Waals surface area contributed by atoms with Crippen LogP contribution in [0.2, 0.25) is 0 Å². The number of amides is 3. The van der Waals surface area contributed by atoms with E-state index in [1.165, 1.54) is 17.0 Å². The molecule has 1 atom stereocenters. The van der Waals surface area contributed by atoms with Crippen LogP contribution in [-0.2, 0) is 16.9 Å². The summed E-state index contributed by atoms with van der Waals surface area (Å²) in [5.74, 6) is -0.528. The van der Waals surface area contributed by atoms with Crippen LogP contribution in [0.1, 0.15) is 30.9 Å². The molecule has 5 rings (SSSR count). The van der Waals surface area contributed by atoms with Crippen molar-refractivity contribution < 1.29 is 14.0 Å². The van der Waals surface area contributed by atoms with Crippen molar-refractivity contribution in [3.63, 3.8) is 0 Å². The number of benzene rings is 3. The van der Waals surface area contributed by atoms with E-state index >= 15 is 0 Å². The standard InChI is InChI=1S/C25H24FN3O2/c1-25(22-8-4-6-18-5-2-3-7-21(18)22)23(30)29(24(31)27-25)16-28(20-13-14-20)15-17-9-11-19(26)12-10-17/h2-12,20H,13-16H2,1H3,(H,27,31)/t25-/m1/s1. The van der Waals surface area contributed by atoms with Crippen molar-refractivity contribution in [2.75, 3.05) is 6.67 Å². The van der Waals surface area contributed by atoms with Gasteiger partial charge in [-0.25, -0.2) is 14.1 Å². The molecule has 1 N–H and O–H groups in total. The Morgan fingerprint density at radius 1 is 1.03 bits per heavy atom. The van der Waals surface area contributed by atoms with E-state index in [-0.39, 0.29) is 24.4 Å². The Morgan fingerprint density at radius 2 is 1.74 bits per heavy atom. The zero-order valence-electron chi connectivity index (χ0n) is 17.3. The number of fused-ring (bicyclic) bond motifs is 1. The minimum atomic E-state index is -1.12. The molecule has 3 amide bonds. The maximum absolute atomic E-state index is 13.5. The molecule has 5 nitrogen and oxygen atoms in total. The summed E-state index contributed by atoms with van der Waals surface area (Å²) in [5, 5.41) is 4.91. The molecular formula is C25H24FN3O2. The lowest BCUT2D eigenvalue weighted by molar-refractivity contribution is -0.132. The number of nitrogens with zero attached hydrogens (tertiary/aromatic N) is 2. The first-order valence-corrected chi connectivity index (χ1v) is 10.6. The first kappa shape index (κ1) is 19.7. The summed E-state index contributed by atoms with van der Waals surface area (Å²) in [5.41, 5.74) is 0.628. The van der Waals surface area contributed by atoms with E-state index in [1.807, 2.05) is 42.5 Å². The molecule has 158 valence electrons. The molecule has 0 unspecified atom stereocenters. The van der Waals surface area contributed by atoms with Crippen LogP contribution in [0.3, 0.4) is 0 Å². The minimum absolute atomic E-state index is 0.215. The van der Waals surface area contributed by atoms with Crippen LogP contribution in [0.5, 0.6) is 0 Å². The molecule has 1 aliphatic carbocycles. The number of halogens is 1. The Hall–Kier alpha value is -3.25. The van der Waals surface area contributed by atoms with Gasteiger partial charge in [0.15, 0.2) is 0 Å². The molecule has 2 fully saturated rings. The molecule has 0 spiro atoms. The van der Waals surface area contributed by atoms with Gasteiger partial charge in [0.1, 0.15) is 11.4 Å². The highest BCUT2D eigenvalue weighted by Gasteiger charge is 2.50. The predicted molar refractivity (Wildman–Crippen MR) is 117 cm³/mol. The van der Waals surface area contributed by atoms with Crippen molar-refractivity contribution in [2.45, 2.75) is 37.9 Å². The van der Waals surface area contributed by atoms with Gasteiger partial charge in [0.05, 0.1) is 6.67 Å². The molecular weight excluding hydrogens is 393 g/mol. The molecule has 1 saturated heterocycles. The largest absolute Gasteiger partial charge is 0.326 e. The maximum atomic E-state index is 13.5. The summed E-state index contributed by atoms with van der Waals surface area (Å²) in [4.78, 5) is 29.9. The Labute approximate surface area is 180 Å². The molecule has 0 bridgehead atoms. The number of nitrogens with one attached hydrogen (secondary N) is 1. The normalized spacial score (nSPS) is 21.2. The lowest BCUT2D eigenvalue weighted by Crippen LogP contribution is -2.44. The summed E-state index contributed by atoms with van der Waals surface area (Å²) in [6, 6.07) is 20.0. The van der Waals surface area contributed by atoms with Gasteiger partial charge in [0.2, 0.25) is 0 Å². The van der Waals surface area contributed by atoms with Crippen molar-refractivity contribution in [1.29, 1.82) is 0 Å². The Balaban J connectivity index is 1.42. The van der Waals surface area contributed by atoms with Crippen molar-refractivity contribution in [2.24, 2.45) is 0 Å². The van der Waals surface area contributed by atoms with Crippen molar-refractivity contribution in [3.8, 4) is 0 Å². The average molecular weight is 417 g/mol. The maximum Gasteiger partial charge on any atom is 0.326 e. The van der Waals surface area contributed by atoms with Gasteiger partial charge in [-0.15, -0.1) is 0 Å². The van der Waals surface area contributed by atoms with E-state index in [4.69, 9.17) is 0 Å². The second kappa shape index (κ2) is 7.46. The molecule has 3 aromatic carbocycles. The predicted octanol–water partition coefficient (Wildman–Crippen LogP) is 4.37. The second-order valence-electron chi connectivity index (χ2n) is 8.56. The van der Waals surface area contributed by atoms with Gasteiger partial charge >= 0.3 is 6.03 Å². The van der Waals surface area contributed by atoms with Crippen molar-refractivity contribution in [3.05, 3.63) is 83.7 Å². The zero-order chi connectivity index (χ0) is 21.6. The van der Waals surface area contributed by atoms with E-state index < -0.39 is 5.54 Å². The van der Waals surface area contributed by atoms with Gasteiger partial charge in [-0.2, -0.15) is 0 Å². The van der Waals surface area contributed by atoms with Crippen LogP contribution in [0.4, 0.5) is 9.18 Å². The van der Waals surface area contributed by atoms with Crippen molar-refractivity contribution in [1.82, 2.24) is 15.1 Å². The topological polar surface area (TPSA) is 52.7 Å². The molecule has 6 heteroatoms. The van der Waals surface area contributed by atoms with Crippen LogP contribution < -0.4 is 5.32 Å². The van der Waals surface area contributed by atoms with Crippen LogP contribution in [0.25, 0.3) is 10.8 Å². The van der Waals surface area contributed by atoms with Gasteiger partial charge in [-0.05, 0) is 53.8 Å². The SMILES string of the molecule is C[C@]1(c2cccc3ccccc23)NC(=O)N(CN(Cc2ccc(F)cc2)C2CC2)C1=O. The summed E-state index contributed by atoms with van der Waals surface area (Å²) in [6.45, 7) is 2.55. The average Bonchev–Trinajstić information content (AvgIpc) is 3.59. The highest BCUT2D eigenvalue weighted by Crippen LogP contribution is 2.35. The summed E-state index contributed by atoms with van der Waals surface area (Å²) >= 11 is 0. The second-order valence-corrected chi connectivity index (χ2v) is 8.56. The van der Waals surface area contributed by atoms with E-state index in [0.29, 0.717) is 12.6 Å². The molecule has 3 aromatic rings. The summed E-state index contributed by atoms with van der Waals surface area (Å²) in [7, 11) is 0. The first-order chi connectivity index (χ1) is 15.0. The van der Waals surface area contributed by atoms with Crippen molar-refractivity contribution >= 4 is 22.7 Å². The zero-order valence-corrected chi connectivity index (χ0v) is 17.3. The number of rotatable bonds is 6. The molecule has 1 saturated carbocycles. The molecule has 0 aromatic heterocycles. The number of carbonyl (C=O) groups excluding carboxylic acids is 2. The van der Waals surface area contributed by atoms with E-state index in [2.05, 4.69) is 10.2 Å². The number of urea groups is 1. The molecule has 0 radical (unpaired) electrons. The fourth-order valence-electron chi connectivity index (χ4n) is 4.41. The third-order valence-electron chi connectivity index (χ3n) is 6.29. The minimum Gasteiger partial charge on any atom is -0.319 e. The van der Waals surface area contributed by atoms with Crippen LogP contribution in [0, 0.1) is 5.82 Å². The van der Waals surface area contributed by atoms with Gasteiger partial charge in [-0.3, -0.25) is 9.69 Å². The molecule has 1 aliphatic heterocycles. The number of hydrogen-bond donors (Lipinski definition) is 1. The molecule has 1 heterocycles. The van der Waals surface area contributed by atoms with E-state index in [1.54, 1.807) is 19.1 Å². The third kappa shape index (κ3) is 3.57. The number of hydrogen-bond acceptors (Lipinski definition) is 3. The summed E-state index contributed by atoms with van der Waals surface area (Å²) in [6.07, 6.45) is 2.07. The van der Waals surface area contributed by atoms with Gasteiger partial charge in [0.25, 0.3) is 5.91 Å². The van der Waals surface area contributed by atoms with Gasteiger partial charge in [-0.1, -0.05) is 54.6 Å². The first-order valence-electron chi connectivity index (χ1n) is 10.6. The fraction of sp³-hybridized carbons (Fsp3) is 0.280. The third-order valence-corrected chi connectivity index (χ3v) is 6.29. The smallest absolute Gasteiger partial charge is 0.319 e. The Morgan fingerprint density at radius 3 is 2.48 bits per heavy atom. The quantitative estimate of drug-likeness (QED) is 0.606. The Kier molecular flexibility index (Phi) is 4.74. The van der Waals surface area contributed by atoms with E-state index in [9.17, 15) is 14.0 Å². The summed E-state index contributed by atoms with van der Waals surface area (Å²) < 4.78 is 13.3. The number of carbonyl (C=O) groups is 2. The van der Waals surface area contributed by atoms with Gasteiger partial charge in [0, 0.05) is 12.6 Å². The van der Waals surface area contributed by atoms with Gasteiger partial charge < -0.3 is 5.32 Å². The fourth-order valence-corrected chi connectivity index (χ4v) is 4.41. The highest BCUT2D eigenvalue weighted by molar-refractivity contribution is 6.09.